The highest BCUT2D eigenvalue weighted by atomic mass is 19.1. The number of hydrogen-bond acceptors (Lipinski definition) is 4. The Balaban J connectivity index is 1.53. The standard InChI is InChI=1S/C19H24FN5O/c1-23-10-8-17-21-22-19(25(17)12-11-23)16-3-2-9-24(16)18(26)13-14-4-6-15(20)7-5-14/h4-7,16H,2-3,8-13H2,1H3. The minimum absolute atomic E-state index is 0.00685. The van der Waals surface area contributed by atoms with Gasteiger partial charge < -0.3 is 14.4 Å². The van der Waals surface area contributed by atoms with Crippen molar-refractivity contribution in [3.05, 3.63) is 47.3 Å². The number of nitrogens with zero attached hydrogens (tertiary/aromatic N) is 5. The van der Waals surface area contributed by atoms with Crippen LogP contribution < -0.4 is 0 Å². The number of aromatic nitrogens is 3. The summed E-state index contributed by atoms with van der Waals surface area (Å²) in [4.78, 5) is 17.1. The third-order valence-corrected chi connectivity index (χ3v) is 5.42. The first-order valence-corrected chi connectivity index (χ1v) is 9.26. The zero-order valence-corrected chi connectivity index (χ0v) is 15.1. The molecule has 4 rings (SSSR count). The molecule has 0 spiro atoms. The van der Waals surface area contributed by atoms with Crippen LogP contribution in [0.2, 0.25) is 0 Å². The van der Waals surface area contributed by atoms with E-state index >= 15 is 0 Å². The van der Waals surface area contributed by atoms with Crippen LogP contribution in [0.1, 0.15) is 36.1 Å². The van der Waals surface area contributed by atoms with Gasteiger partial charge >= 0.3 is 0 Å². The summed E-state index contributed by atoms with van der Waals surface area (Å²) in [6, 6.07) is 6.15. The van der Waals surface area contributed by atoms with Crippen molar-refractivity contribution < 1.29 is 9.18 Å². The van der Waals surface area contributed by atoms with E-state index < -0.39 is 0 Å². The molecule has 0 N–H and O–H groups in total. The number of rotatable bonds is 3. The minimum atomic E-state index is -0.281. The summed E-state index contributed by atoms with van der Waals surface area (Å²) in [5.74, 6) is 1.72. The Morgan fingerprint density at radius 1 is 1.15 bits per heavy atom. The molecule has 0 bridgehead atoms. The van der Waals surface area contributed by atoms with Gasteiger partial charge in [-0.3, -0.25) is 4.79 Å². The highest BCUT2D eigenvalue weighted by Crippen LogP contribution is 2.32. The number of fused-ring (bicyclic) bond motifs is 1. The molecular weight excluding hydrogens is 333 g/mol. The average Bonchev–Trinajstić information content (AvgIpc) is 3.22. The van der Waals surface area contributed by atoms with Crippen LogP contribution in [-0.4, -0.2) is 57.2 Å². The van der Waals surface area contributed by atoms with Gasteiger partial charge in [0.25, 0.3) is 0 Å². The lowest BCUT2D eigenvalue weighted by atomic mass is 10.1. The number of carbonyl (C=O) groups excluding carboxylic acids is 1. The molecular formula is C19H24FN5O. The number of likely N-dealkylation sites (N-methyl/N-ethyl adjacent to an activating group) is 1. The largest absolute Gasteiger partial charge is 0.332 e. The summed E-state index contributed by atoms with van der Waals surface area (Å²) in [6.07, 6.45) is 3.07. The van der Waals surface area contributed by atoms with Crippen LogP contribution in [0.4, 0.5) is 4.39 Å². The zero-order chi connectivity index (χ0) is 18.1. The van der Waals surface area contributed by atoms with Crippen molar-refractivity contribution in [2.45, 2.75) is 38.3 Å². The van der Waals surface area contributed by atoms with Crippen molar-refractivity contribution in [1.29, 1.82) is 0 Å². The van der Waals surface area contributed by atoms with Crippen molar-refractivity contribution >= 4 is 5.91 Å². The molecule has 2 aliphatic rings. The summed E-state index contributed by atoms with van der Waals surface area (Å²) in [5.41, 5.74) is 0.837. The second kappa shape index (κ2) is 7.15. The van der Waals surface area contributed by atoms with Gasteiger partial charge in [-0.25, -0.2) is 4.39 Å². The van der Waals surface area contributed by atoms with Gasteiger partial charge in [-0.05, 0) is 37.6 Å². The highest BCUT2D eigenvalue weighted by molar-refractivity contribution is 5.79. The summed E-state index contributed by atoms with van der Waals surface area (Å²) >= 11 is 0. The fourth-order valence-corrected chi connectivity index (χ4v) is 3.91. The van der Waals surface area contributed by atoms with Crippen LogP contribution in [0.3, 0.4) is 0 Å². The predicted octanol–water partition coefficient (Wildman–Crippen LogP) is 1.81. The second-order valence-electron chi connectivity index (χ2n) is 7.23. The molecule has 1 amide bonds. The maximum absolute atomic E-state index is 13.1. The molecule has 138 valence electrons. The van der Waals surface area contributed by atoms with Crippen LogP contribution >= 0.6 is 0 Å². The summed E-state index contributed by atoms with van der Waals surface area (Å²) < 4.78 is 15.3. The first-order valence-electron chi connectivity index (χ1n) is 9.26. The molecule has 1 aromatic heterocycles. The van der Waals surface area contributed by atoms with Gasteiger partial charge in [-0.2, -0.15) is 0 Å². The van der Waals surface area contributed by atoms with Gasteiger partial charge in [-0.1, -0.05) is 12.1 Å². The Morgan fingerprint density at radius 3 is 2.77 bits per heavy atom. The van der Waals surface area contributed by atoms with E-state index in [0.717, 1.165) is 62.7 Å². The topological polar surface area (TPSA) is 54.3 Å². The smallest absolute Gasteiger partial charge is 0.227 e. The molecule has 3 heterocycles. The number of carbonyl (C=O) groups is 1. The van der Waals surface area contributed by atoms with Crippen molar-refractivity contribution in [2.24, 2.45) is 0 Å². The van der Waals surface area contributed by atoms with Gasteiger partial charge in [-0.15, -0.1) is 10.2 Å². The molecule has 1 fully saturated rings. The lowest BCUT2D eigenvalue weighted by molar-refractivity contribution is -0.131. The monoisotopic (exact) mass is 357 g/mol. The first-order chi connectivity index (χ1) is 12.6. The Labute approximate surface area is 152 Å². The van der Waals surface area contributed by atoms with Crippen molar-refractivity contribution in [3.63, 3.8) is 0 Å². The van der Waals surface area contributed by atoms with E-state index in [9.17, 15) is 9.18 Å². The van der Waals surface area contributed by atoms with Gasteiger partial charge in [0, 0.05) is 32.6 Å². The second-order valence-corrected chi connectivity index (χ2v) is 7.23. The van der Waals surface area contributed by atoms with Gasteiger partial charge in [0.05, 0.1) is 12.5 Å². The summed E-state index contributed by atoms with van der Waals surface area (Å²) in [7, 11) is 2.12. The number of likely N-dealkylation sites (tertiary alicyclic amines) is 1. The lowest BCUT2D eigenvalue weighted by Gasteiger charge is -2.25. The molecule has 1 unspecified atom stereocenters. The molecule has 26 heavy (non-hydrogen) atoms. The van der Waals surface area contributed by atoms with E-state index in [1.165, 1.54) is 12.1 Å². The molecule has 2 aromatic rings. The van der Waals surface area contributed by atoms with Crippen molar-refractivity contribution in [2.75, 3.05) is 26.7 Å². The number of benzene rings is 1. The Morgan fingerprint density at radius 2 is 1.96 bits per heavy atom. The van der Waals surface area contributed by atoms with Crippen LogP contribution in [0.25, 0.3) is 0 Å². The Bertz CT molecular complexity index is 788. The molecule has 1 saturated heterocycles. The van der Waals surface area contributed by atoms with E-state index in [-0.39, 0.29) is 17.8 Å². The van der Waals surface area contributed by atoms with E-state index in [1.54, 1.807) is 12.1 Å². The normalized spacial score (nSPS) is 20.8. The highest BCUT2D eigenvalue weighted by Gasteiger charge is 2.34. The first kappa shape index (κ1) is 17.1. The van der Waals surface area contributed by atoms with E-state index in [0.29, 0.717) is 6.42 Å². The third-order valence-electron chi connectivity index (χ3n) is 5.42. The molecule has 2 aliphatic heterocycles. The van der Waals surface area contributed by atoms with E-state index in [2.05, 4.69) is 26.7 Å². The Hall–Kier alpha value is -2.28. The molecule has 1 atom stereocenters. The van der Waals surface area contributed by atoms with Crippen LogP contribution in [0, 0.1) is 5.82 Å². The van der Waals surface area contributed by atoms with Gasteiger partial charge in [0.15, 0.2) is 5.82 Å². The average molecular weight is 357 g/mol. The van der Waals surface area contributed by atoms with Gasteiger partial charge in [0.2, 0.25) is 5.91 Å². The lowest BCUT2D eigenvalue weighted by Crippen LogP contribution is -2.33. The molecule has 0 aliphatic carbocycles. The number of amides is 1. The fourth-order valence-electron chi connectivity index (χ4n) is 3.91. The van der Waals surface area contributed by atoms with Crippen LogP contribution in [0.15, 0.2) is 24.3 Å². The molecule has 0 radical (unpaired) electrons. The Kier molecular flexibility index (Phi) is 4.72. The van der Waals surface area contributed by atoms with Crippen molar-refractivity contribution in [3.8, 4) is 0 Å². The zero-order valence-electron chi connectivity index (χ0n) is 15.1. The molecule has 0 saturated carbocycles. The SMILES string of the molecule is CN1CCc2nnc(C3CCCN3C(=O)Cc3ccc(F)cc3)n2CC1. The number of hydrogen-bond donors (Lipinski definition) is 0. The minimum Gasteiger partial charge on any atom is -0.332 e. The predicted molar refractivity (Wildman–Crippen MR) is 95.0 cm³/mol. The summed E-state index contributed by atoms with van der Waals surface area (Å²) in [5, 5.41) is 8.84. The molecule has 7 heteroatoms. The quantitative estimate of drug-likeness (QED) is 0.841. The molecule has 1 aromatic carbocycles. The van der Waals surface area contributed by atoms with Gasteiger partial charge in [0.1, 0.15) is 11.6 Å². The maximum atomic E-state index is 13.1. The maximum Gasteiger partial charge on any atom is 0.227 e. The van der Waals surface area contributed by atoms with Crippen molar-refractivity contribution in [1.82, 2.24) is 24.6 Å². The van der Waals surface area contributed by atoms with Crippen LogP contribution in [0.5, 0.6) is 0 Å². The number of halogens is 1. The van der Waals surface area contributed by atoms with E-state index in [4.69, 9.17) is 0 Å². The fraction of sp³-hybridized carbons (Fsp3) is 0.526. The summed E-state index contributed by atoms with van der Waals surface area (Å²) in [6.45, 7) is 3.56. The third kappa shape index (κ3) is 3.35. The van der Waals surface area contributed by atoms with Crippen LogP contribution in [-0.2, 0) is 24.2 Å². The van der Waals surface area contributed by atoms with E-state index in [1.807, 2.05) is 4.90 Å². The molecule has 6 nitrogen and oxygen atoms in total.